The smallest absolute Gasteiger partial charge is 0.276 e. The van der Waals surface area contributed by atoms with E-state index >= 15 is 0 Å². The fourth-order valence-electron chi connectivity index (χ4n) is 1.90. The van der Waals surface area contributed by atoms with Gasteiger partial charge in [0.1, 0.15) is 6.10 Å². The lowest BCUT2D eigenvalue weighted by Gasteiger charge is -2.38. The third-order valence-electron chi connectivity index (χ3n) is 2.96. The first kappa shape index (κ1) is 13.0. The first-order valence-electron chi connectivity index (χ1n) is 6.06. The van der Waals surface area contributed by atoms with Crippen molar-refractivity contribution in [3.05, 3.63) is 34.7 Å². The predicted octanol–water partition coefficient (Wildman–Crippen LogP) is 0.876. The second-order valence-corrected chi connectivity index (χ2v) is 5.37. The molecular weight excluding hydrogens is 326 g/mol. The van der Waals surface area contributed by atoms with Crippen molar-refractivity contribution in [2.24, 2.45) is 7.05 Å². The van der Waals surface area contributed by atoms with Crippen LogP contribution in [0, 0.1) is 0 Å². The minimum atomic E-state index is -0.127. The normalized spacial score (nSPS) is 15.0. The molecule has 0 aliphatic carbocycles. The Labute approximate surface area is 123 Å². The van der Waals surface area contributed by atoms with Crippen LogP contribution in [-0.2, 0) is 7.05 Å². The molecule has 1 aliphatic heterocycles. The summed E-state index contributed by atoms with van der Waals surface area (Å²) in [5.41, 5.74) is 0.352. The van der Waals surface area contributed by atoms with E-state index in [2.05, 4.69) is 31.2 Å². The molecule has 20 heavy (non-hydrogen) atoms. The maximum Gasteiger partial charge on any atom is 0.276 e. The van der Waals surface area contributed by atoms with Crippen LogP contribution < -0.4 is 4.74 Å². The van der Waals surface area contributed by atoms with Crippen molar-refractivity contribution in [1.82, 2.24) is 24.9 Å². The molecule has 0 spiro atoms. The summed E-state index contributed by atoms with van der Waals surface area (Å²) in [5.74, 6) is 0.419. The molecule has 2 aromatic rings. The van der Waals surface area contributed by atoms with E-state index in [0.717, 1.165) is 4.47 Å². The summed E-state index contributed by atoms with van der Waals surface area (Å²) in [6.07, 6.45) is 3.23. The SMILES string of the molecule is Cn1cc(C(=O)N2CC(Oc3ncccc3Br)C2)nn1. The van der Waals surface area contributed by atoms with E-state index in [9.17, 15) is 4.79 Å². The molecule has 2 aromatic heterocycles. The van der Waals surface area contributed by atoms with Gasteiger partial charge >= 0.3 is 0 Å². The Morgan fingerprint density at radius 3 is 2.95 bits per heavy atom. The molecule has 3 heterocycles. The number of halogens is 1. The number of carbonyl (C=O) groups excluding carboxylic acids is 1. The van der Waals surface area contributed by atoms with E-state index in [-0.39, 0.29) is 12.0 Å². The Kier molecular flexibility index (Phi) is 3.39. The highest BCUT2D eigenvalue weighted by Crippen LogP contribution is 2.24. The minimum absolute atomic E-state index is 0.0400. The Bertz CT molecular complexity index is 638. The molecule has 0 N–H and O–H groups in total. The largest absolute Gasteiger partial charge is 0.470 e. The first-order valence-corrected chi connectivity index (χ1v) is 6.85. The molecule has 1 fully saturated rings. The van der Waals surface area contributed by atoms with E-state index in [1.807, 2.05) is 12.1 Å². The van der Waals surface area contributed by atoms with Crippen molar-refractivity contribution in [3.63, 3.8) is 0 Å². The van der Waals surface area contributed by atoms with Crippen LogP contribution in [0.3, 0.4) is 0 Å². The molecule has 1 saturated heterocycles. The molecule has 0 radical (unpaired) electrons. The number of ether oxygens (including phenoxy) is 1. The van der Waals surface area contributed by atoms with Crippen molar-refractivity contribution in [2.45, 2.75) is 6.10 Å². The van der Waals surface area contributed by atoms with Crippen LogP contribution in [0.15, 0.2) is 29.0 Å². The summed E-state index contributed by atoms with van der Waals surface area (Å²) in [6.45, 7) is 1.05. The maximum absolute atomic E-state index is 12.0. The molecule has 7 nitrogen and oxygen atoms in total. The number of amides is 1. The number of rotatable bonds is 3. The number of hydrogen-bond acceptors (Lipinski definition) is 5. The zero-order chi connectivity index (χ0) is 14.1. The number of likely N-dealkylation sites (tertiary alicyclic amines) is 1. The fraction of sp³-hybridized carbons (Fsp3) is 0.333. The molecule has 3 rings (SSSR count). The minimum Gasteiger partial charge on any atom is -0.470 e. The Morgan fingerprint density at radius 1 is 1.50 bits per heavy atom. The second kappa shape index (κ2) is 5.20. The van der Waals surface area contributed by atoms with Gasteiger partial charge < -0.3 is 9.64 Å². The van der Waals surface area contributed by atoms with E-state index in [0.29, 0.717) is 24.7 Å². The van der Waals surface area contributed by atoms with Gasteiger partial charge in [0.15, 0.2) is 5.69 Å². The molecule has 104 valence electrons. The molecule has 1 amide bonds. The topological polar surface area (TPSA) is 73.1 Å². The van der Waals surface area contributed by atoms with Gasteiger partial charge in [-0.3, -0.25) is 9.48 Å². The molecule has 0 saturated carbocycles. The van der Waals surface area contributed by atoms with Gasteiger partial charge in [-0.15, -0.1) is 5.10 Å². The zero-order valence-corrected chi connectivity index (χ0v) is 12.3. The number of carbonyl (C=O) groups is 1. The van der Waals surface area contributed by atoms with E-state index < -0.39 is 0 Å². The Morgan fingerprint density at radius 2 is 2.30 bits per heavy atom. The van der Waals surface area contributed by atoms with Crippen LogP contribution in [-0.4, -0.2) is 50.0 Å². The van der Waals surface area contributed by atoms with Crippen molar-refractivity contribution >= 4 is 21.8 Å². The quantitative estimate of drug-likeness (QED) is 0.831. The molecule has 0 aromatic carbocycles. The summed E-state index contributed by atoms with van der Waals surface area (Å²) in [5, 5.41) is 7.55. The van der Waals surface area contributed by atoms with Crippen molar-refractivity contribution in [1.29, 1.82) is 0 Å². The highest BCUT2D eigenvalue weighted by molar-refractivity contribution is 9.10. The van der Waals surface area contributed by atoms with E-state index in [1.54, 1.807) is 24.3 Å². The van der Waals surface area contributed by atoms with Gasteiger partial charge in [-0.05, 0) is 28.1 Å². The van der Waals surface area contributed by atoms with Crippen LogP contribution >= 0.6 is 15.9 Å². The highest BCUT2D eigenvalue weighted by Gasteiger charge is 2.34. The number of aromatic nitrogens is 4. The van der Waals surface area contributed by atoms with Gasteiger partial charge in [0, 0.05) is 13.2 Å². The summed E-state index contributed by atoms with van der Waals surface area (Å²) < 4.78 is 8.02. The van der Waals surface area contributed by atoms with Crippen LogP contribution in [0.4, 0.5) is 0 Å². The third-order valence-corrected chi connectivity index (χ3v) is 3.56. The molecule has 0 bridgehead atoms. The molecule has 0 atom stereocenters. The van der Waals surface area contributed by atoms with Gasteiger partial charge in [-0.1, -0.05) is 5.21 Å². The average Bonchev–Trinajstić information content (AvgIpc) is 2.81. The van der Waals surface area contributed by atoms with Gasteiger partial charge in [0.25, 0.3) is 5.91 Å². The predicted molar refractivity (Wildman–Crippen MR) is 73.3 cm³/mol. The monoisotopic (exact) mass is 337 g/mol. The lowest BCUT2D eigenvalue weighted by molar-refractivity contribution is 0.0152. The summed E-state index contributed by atoms with van der Waals surface area (Å²) in [7, 11) is 1.73. The van der Waals surface area contributed by atoms with Crippen molar-refractivity contribution in [2.75, 3.05) is 13.1 Å². The lowest BCUT2D eigenvalue weighted by Crippen LogP contribution is -2.56. The van der Waals surface area contributed by atoms with Crippen LogP contribution in [0.1, 0.15) is 10.5 Å². The molecular formula is C12H12BrN5O2. The van der Waals surface area contributed by atoms with Gasteiger partial charge in [-0.2, -0.15) is 0 Å². The number of pyridine rings is 1. The molecule has 8 heteroatoms. The molecule has 1 aliphatic rings. The molecule has 0 unspecified atom stereocenters. The van der Waals surface area contributed by atoms with Gasteiger partial charge in [0.2, 0.25) is 5.88 Å². The first-order chi connectivity index (χ1) is 9.63. The maximum atomic E-state index is 12.0. The Hall–Kier alpha value is -1.96. The number of nitrogens with zero attached hydrogens (tertiary/aromatic N) is 5. The number of aryl methyl sites for hydroxylation is 1. The van der Waals surface area contributed by atoms with Crippen LogP contribution in [0.5, 0.6) is 5.88 Å². The van der Waals surface area contributed by atoms with Crippen molar-refractivity contribution < 1.29 is 9.53 Å². The zero-order valence-electron chi connectivity index (χ0n) is 10.7. The van der Waals surface area contributed by atoms with Gasteiger partial charge in [-0.25, -0.2) is 4.98 Å². The summed E-state index contributed by atoms with van der Waals surface area (Å²) in [6, 6.07) is 3.69. The van der Waals surface area contributed by atoms with Crippen molar-refractivity contribution in [3.8, 4) is 5.88 Å². The third kappa shape index (κ3) is 2.51. The van der Waals surface area contributed by atoms with Gasteiger partial charge in [0.05, 0.1) is 23.8 Å². The fourth-order valence-corrected chi connectivity index (χ4v) is 2.25. The standard InChI is InChI=1S/C12H12BrN5O2/c1-17-7-10(15-16-17)12(19)18-5-8(6-18)20-11-9(13)3-2-4-14-11/h2-4,7-8H,5-6H2,1H3. The average molecular weight is 338 g/mol. The van der Waals surface area contributed by atoms with Crippen LogP contribution in [0.25, 0.3) is 0 Å². The second-order valence-electron chi connectivity index (χ2n) is 4.52. The lowest BCUT2D eigenvalue weighted by atomic mass is 10.1. The number of hydrogen-bond donors (Lipinski definition) is 0. The Balaban J connectivity index is 1.57. The van der Waals surface area contributed by atoms with Crippen LogP contribution in [0.2, 0.25) is 0 Å². The van der Waals surface area contributed by atoms with E-state index in [4.69, 9.17) is 4.74 Å². The highest BCUT2D eigenvalue weighted by atomic mass is 79.9. The summed E-state index contributed by atoms with van der Waals surface area (Å²) in [4.78, 5) is 17.8. The summed E-state index contributed by atoms with van der Waals surface area (Å²) >= 11 is 3.37. The van der Waals surface area contributed by atoms with E-state index in [1.165, 1.54) is 4.68 Å².